The molecule has 0 spiro atoms. The molecule has 0 aliphatic rings. The highest BCUT2D eigenvalue weighted by Crippen LogP contribution is 2.35. The molecule has 0 N–H and O–H groups in total. The molecule has 26 heavy (non-hydrogen) atoms. The third-order valence-electron chi connectivity index (χ3n) is 5.86. The smallest absolute Gasteiger partial charge is 0.0259 e. The van der Waals surface area contributed by atoms with Crippen LogP contribution in [0.25, 0.3) is 0 Å². The fourth-order valence-electron chi connectivity index (χ4n) is 4.08. The highest BCUT2D eigenvalue weighted by molar-refractivity contribution is 5.07. The van der Waals surface area contributed by atoms with Crippen molar-refractivity contribution in [3.63, 3.8) is 0 Å². The summed E-state index contributed by atoms with van der Waals surface area (Å²) < 4.78 is 0. The summed E-state index contributed by atoms with van der Waals surface area (Å²) in [5.41, 5.74) is 2.06. The van der Waals surface area contributed by atoms with Crippen LogP contribution in [0.1, 0.15) is 106 Å². The summed E-state index contributed by atoms with van der Waals surface area (Å²) in [6.45, 7) is 22.0. The van der Waals surface area contributed by atoms with Crippen molar-refractivity contribution in [2.45, 2.75) is 106 Å². The van der Waals surface area contributed by atoms with Gasteiger partial charge < -0.3 is 0 Å². The maximum absolute atomic E-state index is 3.97. The number of hydrogen-bond donors (Lipinski definition) is 0. The number of unbranched alkanes of at least 4 members (excludes halogenated alkanes) is 1. The molecule has 0 aliphatic carbocycles. The first kappa shape index (κ1) is 25.2. The van der Waals surface area contributed by atoms with Gasteiger partial charge in [-0.3, -0.25) is 0 Å². The van der Waals surface area contributed by atoms with E-state index in [1.54, 1.807) is 5.57 Å². The van der Waals surface area contributed by atoms with Crippen molar-refractivity contribution in [1.82, 2.24) is 0 Å². The van der Waals surface area contributed by atoms with Crippen molar-refractivity contribution >= 4 is 0 Å². The van der Waals surface area contributed by atoms with Crippen LogP contribution in [0.3, 0.4) is 0 Å². The minimum absolute atomic E-state index is 0.364. The van der Waals surface area contributed by atoms with Crippen molar-refractivity contribution in [2.24, 2.45) is 23.2 Å². The lowest BCUT2D eigenvalue weighted by molar-refractivity contribution is 0.293. The third kappa shape index (κ3) is 12.6. The molecule has 0 rings (SSSR count). The van der Waals surface area contributed by atoms with Crippen LogP contribution in [-0.2, 0) is 0 Å². The molecule has 152 valence electrons. The Hall–Kier alpha value is -0.780. The summed E-state index contributed by atoms with van der Waals surface area (Å²) in [7, 11) is 0. The molecular formula is C26H48. The Labute approximate surface area is 166 Å². The lowest BCUT2D eigenvalue weighted by Crippen LogP contribution is -2.16. The highest BCUT2D eigenvalue weighted by atomic mass is 14.3. The van der Waals surface area contributed by atoms with E-state index in [4.69, 9.17) is 0 Å². The largest absolute Gasteiger partial charge is 0.103 e. The zero-order chi connectivity index (χ0) is 20.0. The van der Waals surface area contributed by atoms with E-state index in [1.165, 1.54) is 64.2 Å². The van der Waals surface area contributed by atoms with Gasteiger partial charge in [0.25, 0.3) is 0 Å². The third-order valence-corrected chi connectivity index (χ3v) is 5.86. The van der Waals surface area contributed by atoms with Crippen molar-refractivity contribution in [2.75, 3.05) is 0 Å². The van der Waals surface area contributed by atoms with E-state index in [0.29, 0.717) is 17.3 Å². The average Bonchev–Trinajstić information content (AvgIpc) is 2.59. The van der Waals surface area contributed by atoms with Gasteiger partial charge in [-0.25, -0.2) is 0 Å². The second kappa shape index (κ2) is 14.3. The fourth-order valence-corrected chi connectivity index (χ4v) is 4.08. The predicted molar refractivity (Wildman–Crippen MR) is 122 cm³/mol. The molecular weight excluding hydrogens is 312 g/mol. The summed E-state index contributed by atoms with van der Waals surface area (Å²) in [4.78, 5) is 0. The van der Waals surface area contributed by atoms with E-state index in [9.17, 15) is 0 Å². The van der Waals surface area contributed by atoms with Gasteiger partial charge in [-0.05, 0) is 61.7 Å². The first-order valence-corrected chi connectivity index (χ1v) is 11.2. The molecule has 3 unspecified atom stereocenters. The van der Waals surface area contributed by atoms with Crippen molar-refractivity contribution < 1.29 is 0 Å². The van der Waals surface area contributed by atoms with Gasteiger partial charge >= 0.3 is 0 Å². The first-order chi connectivity index (χ1) is 12.3. The molecule has 0 radical (unpaired) electrons. The summed E-state index contributed by atoms with van der Waals surface area (Å²) in [5.74, 6) is 2.19. The Kier molecular flexibility index (Phi) is 13.9. The Morgan fingerprint density at radius 3 is 2.19 bits per heavy atom. The lowest BCUT2D eigenvalue weighted by atomic mass is 9.77. The molecule has 3 atom stereocenters. The molecule has 0 aromatic rings. The first-order valence-electron chi connectivity index (χ1n) is 11.2. The maximum Gasteiger partial charge on any atom is -0.0259 e. The van der Waals surface area contributed by atoms with E-state index in [2.05, 4.69) is 72.9 Å². The monoisotopic (exact) mass is 360 g/mol. The van der Waals surface area contributed by atoms with Gasteiger partial charge in [0.1, 0.15) is 0 Å². The van der Waals surface area contributed by atoms with Gasteiger partial charge in [0, 0.05) is 0 Å². The Morgan fingerprint density at radius 2 is 1.65 bits per heavy atom. The summed E-state index contributed by atoms with van der Waals surface area (Å²) >= 11 is 0. The van der Waals surface area contributed by atoms with Crippen LogP contribution in [0, 0.1) is 23.2 Å². The number of hydrogen-bond acceptors (Lipinski definition) is 0. The van der Waals surface area contributed by atoms with Gasteiger partial charge in [-0.15, -0.1) is 13.2 Å². The normalized spacial score (nSPS) is 16.2. The second-order valence-corrected chi connectivity index (χ2v) is 9.35. The van der Waals surface area contributed by atoms with Crippen LogP contribution in [-0.4, -0.2) is 0 Å². The van der Waals surface area contributed by atoms with Crippen LogP contribution in [0.4, 0.5) is 0 Å². The average molecular weight is 361 g/mol. The molecule has 0 saturated carbocycles. The Bertz CT molecular complexity index is 398. The van der Waals surface area contributed by atoms with Crippen LogP contribution in [0.2, 0.25) is 0 Å². The van der Waals surface area contributed by atoms with Crippen molar-refractivity contribution in [1.29, 1.82) is 0 Å². The molecule has 0 heterocycles. The molecule has 0 aromatic carbocycles. The lowest BCUT2D eigenvalue weighted by Gasteiger charge is -2.29. The van der Waals surface area contributed by atoms with Crippen LogP contribution < -0.4 is 0 Å². The molecule has 0 amide bonds. The molecule has 0 nitrogen and oxygen atoms in total. The molecule has 0 saturated heterocycles. The molecule has 0 aliphatic heterocycles. The zero-order valence-corrected chi connectivity index (χ0v) is 18.9. The van der Waals surface area contributed by atoms with E-state index in [0.717, 1.165) is 5.92 Å². The van der Waals surface area contributed by atoms with E-state index < -0.39 is 0 Å². The number of allylic oxidation sites excluding steroid dienone is 4. The van der Waals surface area contributed by atoms with Crippen LogP contribution in [0.15, 0.2) is 37.0 Å². The highest BCUT2D eigenvalue weighted by Gasteiger charge is 2.22. The summed E-state index contributed by atoms with van der Waals surface area (Å²) in [6.07, 6.45) is 19.7. The molecule has 0 heteroatoms. The minimum atomic E-state index is 0.364. The van der Waals surface area contributed by atoms with E-state index in [1.807, 2.05) is 0 Å². The summed E-state index contributed by atoms with van der Waals surface area (Å²) in [5, 5.41) is 0. The van der Waals surface area contributed by atoms with E-state index in [-0.39, 0.29) is 0 Å². The second-order valence-electron chi connectivity index (χ2n) is 9.35. The Balaban J connectivity index is 4.63. The minimum Gasteiger partial charge on any atom is -0.103 e. The molecule has 0 bridgehead atoms. The van der Waals surface area contributed by atoms with Crippen LogP contribution in [0.5, 0.6) is 0 Å². The SMILES string of the molecule is C=CCCC(CC)CCCCC(=CC(C)CC)CC(C)(C)CC(C)C=C. The Morgan fingerprint density at radius 1 is 0.962 bits per heavy atom. The fraction of sp³-hybridized carbons (Fsp3) is 0.769. The van der Waals surface area contributed by atoms with Gasteiger partial charge in [-0.1, -0.05) is 91.0 Å². The molecule has 0 aromatic heterocycles. The van der Waals surface area contributed by atoms with Crippen LogP contribution >= 0.6 is 0 Å². The maximum atomic E-state index is 3.97. The quantitative estimate of drug-likeness (QED) is 0.190. The molecule has 0 fully saturated rings. The van der Waals surface area contributed by atoms with Crippen molar-refractivity contribution in [3.05, 3.63) is 37.0 Å². The van der Waals surface area contributed by atoms with E-state index >= 15 is 0 Å². The predicted octanol–water partition coefficient (Wildman–Crippen LogP) is 9.14. The zero-order valence-electron chi connectivity index (χ0n) is 18.9. The van der Waals surface area contributed by atoms with Gasteiger partial charge in [-0.2, -0.15) is 0 Å². The van der Waals surface area contributed by atoms with Crippen molar-refractivity contribution in [3.8, 4) is 0 Å². The van der Waals surface area contributed by atoms with Gasteiger partial charge in [0.05, 0.1) is 0 Å². The topological polar surface area (TPSA) is 0 Å². The van der Waals surface area contributed by atoms with Gasteiger partial charge in [0.15, 0.2) is 0 Å². The number of rotatable bonds is 16. The standard InChI is InChI=1S/C26H48/c1-9-13-16-24(12-4)17-14-15-18-25(19-22(5)10-2)21-26(7,8)20-23(6)11-3/h9,11,19,22-24H,1,3,10,12-18,20-21H2,2,4-8H3. The summed E-state index contributed by atoms with van der Waals surface area (Å²) in [6, 6.07) is 0. The van der Waals surface area contributed by atoms with Gasteiger partial charge in [0.2, 0.25) is 0 Å².